The van der Waals surface area contributed by atoms with E-state index in [0.717, 1.165) is 11.6 Å². The second-order valence-electron chi connectivity index (χ2n) is 7.99. The number of hydrogen-bond donors (Lipinski definition) is 1. The number of halogens is 4. The van der Waals surface area contributed by atoms with Gasteiger partial charge in [0.05, 0.1) is 15.7 Å². The number of alkyl halides is 3. The van der Waals surface area contributed by atoms with Crippen molar-refractivity contribution in [3.63, 3.8) is 0 Å². The predicted octanol–water partition coefficient (Wildman–Crippen LogP) is 4.83. The maximum Gasteiger partial charge on any atom is 0.456 e. The fourth-order valence-electron chi connectivity index (χ4n) is 2.87. The normalized spacial score (nSPS) is 19.8. The number of carbonyl (C=O) groups excluding carboxylic acids is 1. The van der Waals surface area contributed by atoms with Crippen LogP contribution in [0.5, 0.6) is 5.75 Å². The van der Waals surface area contributed by atoms with E-state index in [1.165, 1.54) is 0 Å². The van der Waals surface area contributed by atoms with Crippen LogP contribution in [0.25, 0.3) is 6.08 Å². The third-order valence-corrected chi connectivity index (χ3v) is 6.46. The van der Waals surface area contributed by atoms with Gasteiger partial charge in [0.15, 0.2) is 10.9 Å². The first-order valence-electron chi connectivity index (χ1n) is 9.23. The molecule has 0 amide bonds. The number of nitrogens with zero attached hydrogens (tertiary/aromatic N) is 1. The maximum absolute atomic E-state index is 13.0. The molecule has 0 saturated carbocycles. The Morgan fingerprint density at radius 2 is 1.90 bits per heavy atom. The molecule has 5 nitrogen and oxygen atoms in total. The Hall–Kier alpha value is -2.23. The number of carbonyl (C=O) groups is 1. The van der Waals surface area contributed by atoms with Gasteiger partial charge in [-0.25, -0.2) is 13.9 Å². The van der Waals surface area contributed by atoms with Gasteiger partial charge in [0, 0.05) is 5.56 Å². The van der Waals surface area contributed by atoms with Gasteiger partial charge in [0.2, 0.25) is 0 Å². The molecular weight excluding hydrogens is 453 g/mol. The fourth-order valence-corrected chi connectivity index (χ4v) is 4.00. The van der Waals surface area contributed by atoms with Crippen molar-refractivity contribution in [2.75, 3.05) is 6.61 Å². The lowest BCUT2D eigenvalue weighted by Crippen LogP contribution is -2.48. The summed E-state index contributed by atoms with van der Waals surface area (Å²) in [5.74, 6) is -2.08. The van der Waals surface area contributed by atoms with Gasteiger partial charge >= 0.3 is 6.18 Å². The molecule has 1 N–H and O–H groups in total. The smallest absolute Gasteiger partial charge is 0.456 e. The van der Waals surface area contributed by atoms with Gasteiger partial charge in [-0.2, -0.15) is 13.2 Å². The first-order valence-corrected chi connectivity index (χ1v) is 10.8. The number of fused-ring (bicyclic) bond motifs is 1. The molecule has 31 heavy (non-hydrogen) atoms. The Bertz CT molecular complexity index is 1050. The number of ketones is 1. The molecule has 166 valence electrons. The van der Waals surface area contributed by atoms with E-state index in [-0.39, 0.29) is 23.1 Å². The number of Topliss-reactive ketones (excluding diaryl/α,β-unsaturated/α-hetero) is 1. The lowest BCUT2D eigenvalue weighted by molar-refractivity contribution is -0.0888. The summed E-state index contributed by atoms with van der Waals surface area (Å²) in [6.45, 7) is 5.15. The van der Waals surface area contributed by atoms with Crippen molar-refractivity contribution in [1.82, 2.24) is 9.71 Å². The lowest BCUT2D eigenvalue weighted by Gasteiger charge is -2.30. The number of pyridine rings is 1. The van der Waals surface area contributed by atoms with Crippen LogP contribution in [0.4, 0.5) is 13.2 Å². The van der Waals surface area contributed by atoms with Crippen LogP contribution in [0.15, 0.2) is 42.5 Å². The minimum absolute atomic E-state index is 0.0384. The third kappa shape index (κ3) is 4.99. The van der Waals surface area contributed by atoms with Crippen molar-refractivity contribution >= 4 is 34.4 Å². The molecule has 2 unspecified atom stereocenters. The summed E-state index contributed by atoms with van der Waals surface area (Å²) >= 11 is 6.06. The van der Waals surface area contributed by atoms with Gasteiger partial charge in [-0.05, 0) is 32.4 Å². The third-order valence-electron chi connectivity index (χ3n) is 4.54. The van der Waals surface area contributed by atoms with E-state index in [0.29, 0.717) is 0 Å². The SMILES string of the molecule is CC(C)(C)S(=O)NC1(C=Cc2ccccc2)COc2c1cc(C(=O)C(F)(F)F)nc2Cl. The molecule has 0 radical (unpaired) electrons. The van der Waals surface area contributed by atoms with Crippen molar-refractivity contribution in [3.05, 3.63) is 64.4 Å². The average molecular weight is 473 g/mol. The summed E-state index contributed by atoms with van der Waals surface area (Å²) in [5, 5.41) is -0.372. The van der Waals surface area contributed by atoms with Crippen LogP contribution in [0.1, 0.15) is 42.4 Å². The van der Waals surface area contributed by atoms with E-state index in [2.05, 4.69) is 9.71 Å². The molecule has 0 spiro atoms. The molecule has 0 aliphatic carbocycles. The Balaban J connectivity index is 2.15. The van der Waals surface area contributed by atoms with E-state index in [9.17, 15) is 22.2 Å². The first kappa shape index (κ1) is 23.4. The van der Waals surface area contributed by atoms with Crippen LogP contribution >= 0.6 is 11.6 Å². The van der Waals surface area contributed by atoms with Gasteiger partial charge in [-0.3, -0.25) is 4.79 Å². The van der Waals surface area contributed by atoms with Crippen LogP contribution in [-0.4, -0.2) is 32.5 Å². The van der Waals surface area contributed by atoms with Gasteiger partial charge in [-0.1, -0.05) is 54.1 Å². The Morgan fingerprint density at radius 1 is 1.26 bits per heavy atom. The molecule has 1 aliphatic heterocycles. The lowest BCUT2D eigenvalue weighted by atomic mass is 9.91. The highest BCUT2D eigenvalue weighted by molar-refractivity contribution is 7.84. The van der Waals surface area contributed by atoms with Gasteiger partial charge in [0.1, 0.15) is 17.8 Å². The molecule has 2 aromatic rings. The Morgan fingerprint density at radius 3 is 2.48 bits per heavy atom. The second kappa shape index (κ2) is 8.37. The van der Waals surface area contributed by atoms with Gasteiger partial charge in [-0.15, -0.1) is 0 Å². The number of ether oxygens (including phenoxy) is 1. The topological polar surface area (TPSA) is 68.3 Å². The Labute approximate surface area is 185 Å². The van der Waals surface area contributed by atoms with E-state index in [4.69, 9.17) is 16.3 Å². The zero-order chi connectivity index (χ0) is 23.0. The second-order valence-corrected chi connectivity index (χ2v) is 10.3. The first-order chi connectivity index (χ1) is 14.3. The number of benzene rings is 1. The largest absolute Gasteiger partial charge is 0.487 e. The fraction of sp³-hybridized carbons (Fsp3) is 0.333. The summed E-state index contributed by atoms with van der Waals surface area (Å²) in [5.41, 5.74) is -1.19. The number of hydrogen-bond acceptors (Lipinski definition) is 4. The zero-order valence-corrected chi connectivity index (χ0v) is 18.5. The van der Waals surface area contributed by atoms with Crippen LogP contribution < -0.4 is 9.46 Å². The number of aromatic nitrogens is 1. The van der Waals surface area contributed by atoms with E-state index < -0.39 is 38.9 Å². The minimum atomic E-state index is -5.12. The number of rotatable bonds is 5. The van der Waals surface area contributed by atoms with Crippen LogP contribution in [-0.2, 0) is 16.5 Å². The van der Waals surface area contributed by atoms with E-state index >= 15 is 0 Å². The van der Waals surface area contributed by atoms with Crippen molar-refractivity contribution in [1.29, 1.82) is 0 Å². The minimum Gasteiger partial charge on any atom is -0.487 e. The molecule has 1 aliphatic rings. The molecule has 10 heteroatoms. The van der Waals surface area contributed by atoms with E-state index in [1.807, 2.05) is 30.3 Å². The highest BCUT2D eigenvalue weighted by Gasteiger charge is 2.46. The standard InChI is InChI=1S/C21H20ClF3N2O3S/c1-19(2,3)31(29)27-20(10-9-13-7-5-4-6-8-13)12-30-16-14(20)11-15(26-18(16)22)17(28)21(23,24)25/h4-11,27H,12H2,1-3H3. The van der Waals surface area contributed by atoms with Crippen molar-refractivity contribution in [2.24, 2.45) is 0 Å². The summed E-state index contributed by atoms with van der Waals surface area (Å²) in [7, 11) is -1.62. The molecule has 0 saturated heterocycles. The maximum atomic E-state index is 13.0. The summed E-state index contributed by atoms with van der Waals surface area (Å²) in [4.78, 5) is 15.4. The molecule has 1 aromatic heterocycles. The average Bonchev–Trinajstić information content (AvgIpc) is 3.04. The molecule has 0 fully saturated rings. The van der Waals surface area contributed by atoms with Gasteiger partial charge in [0.25, 0.3) is 5.78 Å². The quantitative estimate of drug-likeness (QED) is 0.500. The molecule has 1 aromatic carbocycles. The number of nitrogens with one attached hydrogen (secondary N) is 1. The van der Waals surface area contributed by atoms with Crippen LogP contribution in [0.2, 0.25) is 5.15 Å². The monoisotopic (exact) mass is 472 g/mol. The summed E-state index contributed by atoms with van der Waals surface area (Å²) in [6.07, 6.45) is -1.74. The molecule has 2 atom stereocenters. The van der Waals surface area contributed by atoms with Crippen molar-refractivity contribution in [3.8, 4) is 5.75 Å². The van der Waals surface area contributed by atoms with Crippen molar-refractivity contribution < 1.29 is 26.9 Å². The molecule has 2 heterocycles. The highest BCUT2D eigenvalue weighted by Crippen LogP contribution is 2.44. The van der Waals surface area contributed by atoms with Gasteiger partial charge < -0.3 is 4.74 Å². The summed E-state index contributed by atoms with van der Waals surface area (Å²) in [6, 6.07) is 10.2. The molecule has 3 rings (SSSR count). The molecular formula is C21H20ClF3N2O3S. The zero-order valence-electron chi connectivity index (χ0n) is 16.9. The molecule has 0 bridgehead atoms. The van der Waals surface area contributed by atoms with Crippen LogP contribution in [0.3, 0.4) is 0 Å². The highest BCUT2D eigenvalue weighted by atomic mass is 35.5. The van der Waals surface area contributed by atoms with Crippen LogP contribution in [0, 0.1) is 0 Å². The van der Waals surface area contributed by atoms with E-state index in [1.54, 1.807) is 32.9 Å². The Kier molecular flexibility index (Phi) is 6.32. The predicted molar refractivity (Wildman–Crippen MR) is 113 cm³/mol. The summed E-state index contributed by atoms with van der Waals surface area (Å²) < 4.78 is 59.9. The van der Waals surface area contributed by atoms with Crippen molar-refractivity contribution in [2.45, 2.75) is 37.2 Å².